The fourth-order valence-corrected chi connectivity index (χ4v) is 3.46. The van der Waals surface area contributed by atoms with Crippen molar-refractivity contribution in [2.24, 2.45) is 5.92 Å². The molecule has 1 saturated carbocycles. The Morgan fingerprint density at radius 3 is 2.33 bits per heavy atom. The fourth-order valence-electron chi connectivity index (χ4n) is 3.46. The Bertz CT molecular complexity index is 455. The maximum atomic E-state index is 12.2. The molecule has 1 aliphatic carbocycles. The highest BCUT2D eigenvalue weighted by atomic mass is 16.5. The molecule has 0 radical (unpaired) electrons. The van der Waals surface area contributed by atoms with E-state index in [4.69, 9.17) is 4.74 Å². The van der Waals surface area contributed by atoms with Gasteiger partial charge in [0, 0.05) is 6.04 Å². The van der Waals surface area contributed by atoms with E-state index in [1.807, 2.05) is 4.90 Å². The summed E-state index contributed by atoms with van der Waals surface area (Å²) in [4.78, 5) is 37.9. The zero-order valence-electron chi connectivity index (χ0n) is 14.7. The Morgan fingerprint density at radius 2 is 1.75 bits per heavy atom. The summed E-state index contributed by atoms with van der Waals surface area (Å²) >= 11 is 0. The summed E-state index contributed by atoms with van der Waals surface area (Å²) in [5.74, 6) is -0.521. The summed E-state index contributed by atoms with van der Waals surface area (Å²) in [7, 11) is 0. The van der Waals surface area contributed by atoms with E-state index in [2.05, 4.69) is 10.6 Å². The van der Waals surface area contributed by atoms with Gasteiger partial charge in [0.15, 0.2) is 0 Å². The Kier molecular flexibility index (Phi) is 7.02. The van der Waals surface area contributed by atoms with Gasteiger partial charge in [-0.15, -0.1) is 0 Å². The van der Waals surface area contributed by atoms with E-state index < -0.39 is 6.03 Å². The lowest BCUT2D eigenvalue weighted by atomic mass is 9.96. The van der Waals surface area contributed by atoms with Crippen molar-refractivity contribution < 1.29 is 19.1 Å². The molecule has 2 rings (SSSR count). The van der Waals surface area contributed by atoms with Crippen LogP contribution in [0.5, 0.6) is 0 Å². The van der Waals surface area contributed by atoms with Gasteiger partial charge in [-0.05, 0) is 52.6 Å². The van der Waals surface area contributed by atoms with Crippen LogP contribution in [0.15, 0.2) is 0 Å². The van der Waals surface area contributed by atoms with Gasteiger partial charge in [-0.25, -0.2) is 4.79 Å². The van der Waals surface area contributed by atoms with E-state index >= 15 is 0 Å². The molecule has 2 aliphatic rings. The van der Waals surface area contributed by atoms with E-state index in [1.165, 1.54) is 0 Å². The van der Waals surface area contributed by atoms with Gasteiger partial charge in [-0.3, -0.25) is 19.8 Å². The van der Waals surface area contributed by atoms with E-state index in [9.17, 15) is 14.4 Å². The molecule has 7 heteroatoms. The molecule has 3 amide bonds. The molecule has 1 heterocycles. The number of nitrogens with one attached hydrogen (secondary N) is 2. The van der Waals surface area contributed by atoms with Crippen molar-refractivity contribution in [2.75, 3.05) is 19.7 Å². The predicted octanol–water partition coefficient (Wildman–Crippen LogP) is 1.42. The van der Waals surface area contributed by atoms with E-state index in [-0.39, 0.29) is 29.9 Å². The molecule has 1 unspecified atom stereocenters. The quantitative estimate of drug-likeness (QED) is 0.740. The minimum absolute atomic E-state index is 0.0814. The molecule has 0 spiro atoms. The van der Waals surface area contributed by atoms with Gasteiger partial charge in [0.25, 0.3) is 0 Å². The third kappa shape index (κ3) is 5.19. The average Bonchev–Trinajstić information content (AvgIpc) is 3.07. The van der Waals surface area contributed by atoms with Crippen LogP contribution < -0.4 is 10.6 Å². The number of carbonyl (C=O) groups is 3. The summed E-state index contributed by atoms with van der Waals surface area (Å²) in [6.45, 7) is 5.30. The van der Waals surface area contributed by atoms with Crippen molar-refractivity contribution in [1.29, 1.82) is 0 Å². The molecule has 0 aromatic heterocycles. The van der Waals surface area contributed by atoms with Gasteiger partial charge in [0.05, 0.1) is 18.6 Å². The molecule has 0 bridgehead atoms. The maximum absolute atomic E-state index is 12.2. The average molecular weight is 339 g/mol. The number of amides is 3. The van der Waals surface area contributed by atoms with Crippen LogP contribution in [0.2, 0.25) is 0 Å². The van der Waals surface area contributed by atoms with Gasteiger partial charge in [-0.2, -0.15) is 0 Å². The number of carbonyl (C=O) groups excluding carboxylic acids is 3. The third-order valence-electron chi connectivity index (χ3n) is 5.00. The summed E-state index contributed by atoms with van der Waals surface area (Å²) in [6, 6.07) is -0.601. The monoisotopic (exact) mass is 339 g/mol. The largest absolute Gasteiger partial charge is 0.466 e. The molecule has 0 aromatic rings. The van der Waals surface area contributed by atoms with Crippen LogP contribution in [-0.4, -0.2) is 54.6 Å². The molecule has 24 heavy (non-hydrogen) atoms. The molecule has 2 fully saturated rings. The number of esters is 1. The fraction of sp³-hybridized carbons (Fsp3) is 0.824. The number of urea groups is 1. The highest BCUT2D eigenvalue weighted by Gasteiger charge is 2.31. The maximum Gasteiger partial charge on any atom is 0.321 e. The minimum Gasteiger partial charge on any atom is -0.466 e. The van der Waals surface area contributed by atoms with Crippen molar-refractivity contribution in [3.8, 4) is 0 Å². The number of likely N-dealkylation sites (tertiary alicyclic amines) is 1. The van der Waals surface area contributed by atoms with Gasteiger partial charge in [0.1, 0.15) is 0 Å². The molecule has 136 valence electrons. The normalized spacial score (nSPS) is 21.2. The second kappa shape index (κ2) is 9.01. The van der Waals surface area contributed by atoms with Gasteiger partial charge < -0.3 is 10.1 Å². The molecule has 7 nitrogen and oxygen atoms in total. The zero-order valence-corrected chi connectivity index (χ0v) is 14.7. The molecule has 0 aromatic carbocycles. The van der Waals surface area contributed by atoms with Gasteiger partial charge in [0.2, 0.25) is 5.91 Å². The van der Waals surface area contributed by atoms with E-state index in [1.54, 1.807) is 13.8 Å². The first-order valence-electron chi connectivity index (χ1n) is 9.03. The van der Waals surface area contributed by atoms with Crippen molar-refractivity contribution >= 4 is 17.9 Å². The molecule has 1 saturated heterocycles. The first-order chi connectivity index (χ1) is 11.5. The lowest BCUT2D eigenvalue weighted by Crippen LogP contribution is -2.52. The number of ether oxygens (including phenoxy) is 1. The van der Waals surface area contributed by atoms with Crippen LogP contribution in [-0.2, 0) is 14.3 Å². The molecular formula is C17H29N3O4. The third-order valence-corrected chi connectivity index (χ3v) is 5.00. The summed E-state index contributed by atoms with van der Waals surface area (Å²) in [5, 5.41) is 5.29. The minimum atomic E-state index is -0.403. The summed E-state index contributed by atoms with van der Waals surface area (Å²) < 4.78 is 5.05. The van der Waals surface area contributed by atoms with Crippen LogP contribution in [0.25, 0.3) is 0 Å². The van der Waals surface area contributed by atoms with Gasteiger partial charge in [-0.1, -0.05) is 12.8 Å². The molecule has 1 aliphatic heterocycles. The Hall–Kier alpha value is -1.63. The second-order valence-electron chi connectivity index (χ2n) is 6.68. The summed E-state index contributed by atoms with van der Waals surface area (Å²) in [5.41, 5.74) is 0. The van der Waals surface area contributed by atoms with Crippen LogP contribution in [0, 0.1) is 5.92 Å². The topological polar surface area (TPSA) is 87.7 Å². The molecule has 2 N–H and O–H groups in total. The predicted molar refractivity (Wildman–Crippen MR) is 89.3 cm³/mol. The van der Waals surface area contributed by atoms with E-state index in [0.29, 0.717) is 32.5 Å². The summed E-state index contributed by atoms with van der Waals surface area (Å²) in [6.07, 6.45) is 5.60. The van der Waals surface area contributed by atoms with Gasteiger partial charge >= 0.3 is 12.0 Å². The smallest absolute Gasteiger partial charge is 0.321 e. The number of piperidine rings is 1. The zero-order chi connectivity index (χ0) is 17.5. The first kappa shape index (κ1) is 18.7. The van der Waals surface area contributed by atoms with Crippen LogP contribution in [0.1, 0.15) is 52.4 Å². The first-order valence-corrected chi connectivity index (χ1v) is 9.03. The van der Waals surface area contributed by atoms with Crippen molar-refractivity contribution in [3.05, 3.63) is 0 Å². The SMILES string of the molecule is CCOC(=O)C1CCN(C(C)C(=O)NC(=O)NC2CCCC2)CC1. The number of rotatable bonds is 5. The number of nitrogens with zero attached hydrogens (tertiary/aromatic N) is 1. The second-order valence-corrected chi connectivity index (χ2v) is 6.68. The lowest BCUT2D eigenvalue weighted by molar-refractivity contribution is -0.149. The van der Waals surface area contributed by atoms with Crippen molar-refractivity contribution in [2.45, 2.75) is 64.5 Å². The Morgan fingerprint density at radius 1 is 1.12 bits per heavy atom. The van der Waals surface area contributed by atoms with Crippen LogP contribution in [0.3, 0.4) is 0 Å². The van der Waals surface area contributed by atoms with E-state index in [0.717, 1.165) is 25.7 Å². The molecule has 1 atom stereocenters. The number of hydrogen-bond acceptors (Lipinski definition) is 5. The van der Waals surface area contributed by atoms with Crippen LogP contribution in [0.4, 0.5) is 4.79 Å². The van der Waals surface area contributed by atoms with Crippen LogP contribution >= 0.6 is 0 Å². The van der Waals surface area contributed by atoms with Crippen molar-refractivity contribution in [3.63, 3.8) is 0 Å². The standard InChI is InChI=1S/C17H29N3O4/c1-3-24-16(22)13-8-10-20(11-9-13)12(2)15(21)19-17(23)18-14-6-4-5-7-14/h12-14H,3-11H2,1-2H3,(H2,18,19,21,23). The molecular weight excluding hydrogens is 310 g/mol. The number of hydrogen-bond donors (Lipinski definition) is 2. The highest BCUT2D eigenvalue weighted by Crippen LogP contribution is 2.20. The lowest BCUT2D eigenvalue weighted by Gasteiger charge is -2.34. The Labute approximate surface area is 143 Å². The Balaban J connectivity index is 1.73. The number of imide groups is 1. The van der Waals surface area contributed by atoms with Crippen molar-refractivity contribution in [1.82, 2.24) is 15.5 Å². The highest BCUT2D eigenvalue weighted by molar-refractivity contribution is 5.96.